The Morgan fingerprint density at radius 1 is 1.30 bits per heavy atom. The van der Waals surface area contributed by atoms with Crippen molar-refractivity contribution in [3.63, 3.8) is 0 Å². The first-order valence-corrected chi connectivity index (χ1v) is 6.84. The van der Waals surface area contributed by atoms with Gasteiger partial charge in [0, 0.05) is 12.0 Å². The number of amides is 1. The monoisotopic (exact) mass is 293 g/mol. The summed E-state index contributed by atoms with van der Waals surface area (Å²) in [6.07, 6.45) is 3.87. The third-order valence-electron chi connectivity index (χ3n) is 3.31. The predicted molar refractivity (Wildman–Crippen MR) is 79.4 cm³/mol. The number of anilines is 1. The normalized spacial score (nSPS) is 14.8. The fraction of sp³-hybridized carbons (Fsp3) is 0.385. The highest BCUT2D eigenvalue weighted by atomic mass is 32.1. The van der Waals surface area contributed by atoms with E-state index >= 15 is 0 Å². The molecule has 2 N–H and O–H groups in total. The van der Waals surface area contributed by atoms with Crippen LogP contribution in [0.1, 0.15) is 25.7 Å². The number of hydrogen-bond donors (Lipinski definition) is 2. The van der Waals surface area contributed by atoms with Gasteiger partial charge in [-0.2, -0.15) is 0 Å². The number of nitro groups is 1. The molecule has 20 heavy (non-hydrogen) atoms. The smallest absolute Gasteiger partial charge is 0.292 e. The number of benzene rings is 1. The van der Waals surface area contributed by atoms with Gasteiger partial charge in [0.1, 0.15) is 5.69 Å². The van der Waals surface area contributed by atoms with E-state index in [1.807, 2.05) is 0 Å². The van der Waals surface area contributed by atoms with E-state index in [0.717, 1.165) is 25.7 Å². The second-order valence-corrected chi connectivity index (χ2v) is 5.11. The van der Waals surface area contributed by atoms with Crippen LogP contribution in [0.25, 0.3) is 0 Å². The third-order valence-corrected chi connectivity index (χ3v) is 3.52. The lowest BCUT2D eigenvalue weighted by Crippen LogP contribution is -2.37. The molecule has 1 saturated carbocycles. The van der Waals surface area contributed by atoms with Crippen LogP contribution < -0.4 is 10.6 Å². The summed E-state index contributed by atoms with van der Waals surface area (Å²) < 4.78 is 0. The lowest BCUT2D eigenvalue weighted by molar-refractivity contribution is -0.383. The maximum absolute atomic E-state index is 11.9. The van der Waals surface area contributed by atoms with Gasteiger partial charge in [0.05, 0.1) is 4.92 Å². The molecule has 0 bridgehead atoms. The van der Waals surface area contributed by atoms with E-state index in [0.29, 0.717) is 0 Å². The summed E-state index contributed by atoms with van der Waals surface area (Å²) in [5.41, 5.74) is 0.194. The largest absolute Gasteiger partial charge is 0.327 e. The van der Waals surface area contributed by atoms with Crippen LogP contribution in [-0.4, -0.2) is 15.9 Å². The van der Waals surface area contributed by atoms with Crippen LogP contribution in [0.4, 0.5) is 11.4 Å². The quantitative estimate of drug-likeness (QED) is 0.508. The maximum atomic E-state index is 11.9. The van der Waals surface area contributed by atoms with Crippen molar-refractivity contribution in [1.29, 1.82) is 0 Å². The fourth-order valence-corrected chi connectivity index (χ4v) is 2.50. The van der Waals surface area contributed by atoms with Crippen LogP contribution >= 0.6 is 12.2 Å². The zero-order valence-corrected chi connectivity index (χ0v) is 11.6. The summed E-state index contributed by atoms with van der Waals surface area (Å²) in [5, 5.41) is 16.3. The molecule has 1 fully saturated rings. The van der Waals surface area contributed by atoms with Crippen LogP contribution in [0.2, 0.25) is 0 Å². The number of hydrogen-bond acceptors (Lipinski definition) is 4. The van der Waals surface area contributed by atoms with E-state index in [2.05, 4.69) is 10.6 Å². The van der Waals surface area contributed by atoms with Gasteiger partial charge in [-0.1, -0.05) is 25.0 Å². The predicted octanol–water partition coefficient (Wildman–Crippen LogP) is 2.60. The summed E-state index contributed by atoms with van der Waals surface area (Å²) in [6.45, 7) is 0. The van der Waals surface area contributed by atoms with Gasteiger partial charge in [-0.3, -0.25) is 14.9 Å². The number of para-hydroxylation sites is 2. The molecular weight excluding hydrogens is 278 g/mol. The van der Waals surface area contributed by atoms with E-state index in [4.69, 9.17) is 12.2 Å². The van der Waals surface area contributed by atoms with Crippen molar-refractivity contribution in [2.75, 3.05) is 5.32 Å². The van der Waals surface area contributed by atoms with Gasteiger partial charge in [0.2, 0.25) is 5.91 Å². The number of rotatable bonds is 3. The maximum Gasteiger partial charge on any atom is 0.292 e. The first kappa shape index (κ1) is 14.4. The SMILES string of the molecule is O=C(NC(=S)Nc1ccccc1[N+](=O)[O-])C1CCCC1. The molecule has 1 aliphatic carbocycles. The molecule has 1 aromatic rings. The van der Waals surface area contributed by atoms with Gasteiger partial charge in [-0.25, -0.2) is 0 Å². The second-order valence-electron chi connectivity index (χ2n) is 4.70. The van der Waals surface area contributed by atoms with Crippen LogP contribution in [0.3, 0.4) is 0 Å². The highest BCUT2D eigenvalue weighted by molar-refractivity contribution is 7.80. The highest BCUT2D eigenvalue weighted by Crippen LogP contribution is 2.25. The molecule has 0 heterocycles. The van der Waals surface area contributed by atoms with E-state index < -0.39 is 4.92 Å². The van der Waals surface area contributed by atoms with Crippen LogP contribution in [0, 0.1) is 16.0 Å². The Kier molecular flexibility index (Phi) is 4.62. The lowest BCUT2D eigenvalue weighted by atomic mass is 10.1. The summed E-state index contributed by atoms with van der Waals surface area (Å²) in [4.78, 5) is 22.3. The molecule has 1 aromatic carbocycles. The Hall–Kier alpha value is -2.02. The average Bonchev–Trinajstić information content (AvgIpc) is 2.92. The first-order valence-electron chi connectivity index (χ1n) is 6.43. The average molecular weight is 293 g/mol. The number of carbonyl (C=O) groups excluding carboxylic acids is 1. The molecule has 0 unspecified atom stereocenters. The topological polar surface area (TPSA) is 84.3 Å². The highest BCUT2D eigenvalue weighted by Gasteiger charge is 2.23. The summed E-state index contributed by atoms with van der Waals surface area (Å²) >= 11 is 5.03. The molecule has 0 aromatic heterocycles. The van der Waals surface area contributed by atoms with Crippen molar-refractivity contribution in [3.05, 3.63) is 34.4 Å². The number of nitro benzene ring substituents is 1. The Balaban J connectivity index is 1.97. The summed E-state index contributed by atoms with van der Waals surface area (Å²) in [7, 11) is 0. The van der Waals surface area contributed by atoms with Gasteiger partial charge in [-0.05, 0) is 31.1 Å². The minimum absolute atomic E-state index is 0.000471. The first-order chi connectivity index (χ1) is 9.58. The van der Waals surface area contributed by atoms with Crippen LogP contribution in [0.15, 0.2) is 24.3 Å². The number of thiocarbonyl (C=S) groups is 1. The molecule has 0 atom stereocenters. The van der Waals surface area contributed by atoms with Gasteiger partial charge in [0.15, 0.2) is 5.11 Å². The third kappa shape index (κ3) is 3.51. The molecule has 0 radical (unpaired) electrons. The molecule has 2 rings (SSSR count). The van der Waals surface area contributed by atoms with Crippen LogP contribution in [-0.2, 0) is 4.79 Å². The Morgan fingerprint density at radius 3 is 2.60 bits per heavy atom. The molecule has 1 aliphatic rings. The van der Waals surface area contributed by atoms with E-state index in [9.17, 15) is 14.9 Å². The van der Waals surface area contributed by atoms with Gasteiger partial charge < -0.3 is 10.6 Å². The summed E-state index contributed by atoms with van der Waals surface area (Å²) in [5.74, 6) is -0.112. The summed E-state index contributed by atoms with van der Waals surface area (Å²) in [6, 6.07) is 6.16. The number of nitrogens with zero attached hydrogens (tertiary/aromatic N) is 1. The fourth-order valence-electron chi connectivity index (χ4n) is 2.29. The minimum atomic E-state index is -0.496. The zero-order valence-electron chi connectivity index (χ0n) is 10.8. The van der Waals surface area contributed by atoms with Crippen molar-refractivity contribution in [2.45, 2.75) is 25.7 Å². The molecule has 7 heteroatoms. The van der Waals surface area contributed by atoms with Crippen molar-refractivity contribution < 1.29 is 9.72 Å². The Morgan fingerprint density at radius 2 is 1.95 bits per heavy atom. The van der Waals surface area contributed by atoms with Crippen molar-refractivity contribution in [1.82, 2.24) is 5.32 Å². The van der Waals surface area contributed by atoms with Gasteiger partial charge in [0.25, 0.3) is 5.69 Å². The molecule has 1 amide bonds. The minimum Gasteiger partial charge on any atom is -0.327 e. The van der Waals surface area contributed by atoms with Crippen molar-refractivity contribution in [2.24, 2.45) is 5.92 Å². The standard InChI is InChI=1S/C13H15N3O3S/c17-12(9-5-1-2-6-9)15-13(20)14-10-7-3-4-8-11(10)16(18)19/h3-4,7-9H,1-2,5-6H2,(H2,14,15,17,20). The van der Waals surface area contributed by atoms with Gasteiger partial charge in [-0.15, -0.1) is 0 Å². The van der Waals surface area contributed by atoms with E-state index in [-0.39, 0.29) is 28.3 Å². The molecule has 0 saturated heterocycles. The Labute approximate surface area is 121 Å². The van der Waals surface area contributed by atoms with Crippen molar-refractivity contribution in [3.8, 4) is 0 Å². The number of carbonyl (C=O) groups is 1. The number of nitrogens with one attached hydrogen (secondary N) is 2. The lowest BCUT2D eigenvalue weighted by Gasteiger charge is -2.12. The molecule has 106 valence electrons. The zero-order chi connectivity index (χ0) is 14.5. The van der Waals surface area contributed by atoms with Crippen molar-refractivity contribution >= 4 is 34.6 Å². The Bertz CT molecular complexity index is 541. The second kappa shape index (κ2) is 6.42. The molecular formula is C13H15N3O3S. The van der Waals surface area contributed by atoms with E-state index in [1.54, 1.807) is 18.2 Å². The molecule has 0 spiro atoms. The van der Waals surface area contributed by atoms with Crippen LogP contribution in [0.5, 0.6) is 0 Å². The van der Waals surface area contributed by atoms with Gasteiger partial charge >= 0.3 is 0 Å². The molecule has 6 nitrogen and oxygen atoms in total. The molecule has 0 aliphatic heterocycles. The van der Waals surface area contributed by atoms with E-state index in [1.165, 1.54) is 6.07 Å².